The summed E-state index contributed by atoms with van der Waals surface area (Å²) in [5.74, 6) is -3.25. The summed E-state index contributed by atoms with van der Waals surface area (Å²) < 4.78 is 49.0. The van der Waals surface area contributed by atoms with E-state index in [9.17, 15) is 37.5 Å². The van der Waals surface area contributed by atoms with Crippen LogP contribution < -0.4 is 16.0 Å². The molecule has 0 heterocycles. The van der Waals surface area contributed by atoms with Gasteiger partial charge < -0.3 is 30.5 Å². The molecule has 0 aromatic heterocycles. The van der Waals surface area contributed by atoms with Crippen LogP contribution in [-0.4, -0.2) is 59.9 Å². The molecule has 0 saturated heterocycles. The van der Waals surface area contributed by atoms with Gasteiger partial charge >= 0.3 is 18.2 Å². The first-order chi connectivity index (χ1) is 18.6. The van der Waals surface area contributed by atoms with Gasteiger partial charge in [0.1, 0.15) is 17.7 Å². The van der Waals surface area contributed by atoms with Crippen LogP contribution in [0.5, 0.6) is 0 Å². The number of hydrogen-bond donors (Lipinski definition) is 4. The second-order valence-corrected chi connectivity index (χ2v) is 9.75. The molecule has 2 aromatic carbocycles. The lowest BCUT2D eigenvalue weighted by molar-refractivity contribution is -0.154. The zero-order valence-corrected chi connectivity index (χ0v) is 22.4. The molecule has 13 heteroatoms. The number of carbonyl (C=O) groups is 4. The summed E-state index contributed by atoms with van der Waals surface area (Å²) in [7, 11) is 0.958. The fourth-order valence-corrected chi connectivity index (χ4v) is 3.47. The monoisotopic (exact) mass is 567 g/mol. The molecule has 2 aromatic rings. The number of aliphatic hydroxyl groups is 1. The van der Waals surface area contributed by atoms with Crippen LogP contribution in [0.4, 0.5) is 23.7 Å². The number of hydrogen-bond acceptors (Lipinski definition) is 7. The van der Waals surface area contributed by atoms with E-state index in [-0.39, 0.29) is 18.5 Å². The van der Waals surface area contributed by atoms with Crippen LogP contribution in [0.1, 0.15) is 38.3 Å². The third-order valence-corrected chi connectivity index (χ3v) is 5.37. The number of esters is 1. The lowest BCUT2D eigenvalue weighted by Crippen LogP contribution is -2.59. The van der Waals surface area contributed by atoms with Crippen molar-refractivity contribution in [2.45, 2.75) is 63.6 Å². The lowest BCUT2D eigenvalue weighted by Gasteiger charge is -2.27. The second-order valence-electron chi connectivity index (χ2n) is 9.75. The maximum absolute atomic E-state index is 13.2. The predicted molar refractivity (Wildman–Crippen MR) is 138 cm³/mol. The van der Waals surface area contributed by atoms with E-state index < -0.39 is 59.4 Å². The zero-order chi connectivity index (χ0) is 30.1. The second kappa shape index (κ2) is 13.8. The van der Waals surface area contributed by atoms with Crippen molar-refractivity contribution in [3.8, 4) is 0 Å². The van der Waals surface area contributed by atoms with E-state index in [2.05, 4.69) is 20.7 Å². The Morgan fingerprint density at radius 2 is 1.57 bits per heavy atom. The first kappa shape index (κ1) is 32.1. The number of alkyl halides is 3. The SMILES string of the molecule is COC(=O)[C@@H](O)C(NC(=O)OC(C)(C)C)C(=O)N[C@@H](CCc1ccccc1)C(=O)Nc1cccc(C(F)(F)F)c1. The van der Waals surface area contributed by atoms with E-state index in [1.807, 2.05) is 0 Å². The van der Waals surface area contributed by atoms with Gasteiger partial charge in [-0.25, -0.2) is 9.59 Å². The molecular formula is C27H32F3N3O7. The molecule has 3 atom stereocenters. The van der Waals surface area contributed by atoms with Crippen molar-refractivity contribution in [1.82, 2.24) is 10.6 Å². The fraction of sp³-hybridized carbons (Fsp3) is 0.407. The Morgan fingerprint density at radius 1 is 0.925 bits per heavy atom. The van der Waals surface area contributed by atoms with E-state index >= 15 is 0 Å². The fourth-order valence-electron chi connectivity index (χ4n) is 3.47. The van der Waals surface area contributed by atoms with Crippen molar-refractivity contribution >= 4 is 29.6 Å². The quantitative estimate of drug-likeness (QED) is 0.323. The molecule has 40 heavy (non-hydrogen) atoms. The summed E-state index contributed by atoms with van der Waals surface area (Å²) in [4.78, 5) is 50.7. The topological polar surface area (TPSA) is 143 Å². The summed E-state index contributed by atoms with van der Waals surface area (Å²) in [6.45, 7) is 4.66. The van der Waals surface area contributed by atoms with Crippen LogP contribution in [0.2, 0.25) is 0 Å². The van der Waals surface area contributed by atoms with Gasteiger partial charge in [-0.2, -0.15) is 13.2 Å². The molecule has 0 spiro atoms. The Balaban J connectivity index is 2.31. The van der Waals surface area contributed by atoms with Gasteiger partial charge in [0.15, 0.2) is 6.10 Å². The summed E-state index contributed by atoms with van der Waals surface area (Å²) in [5, 5.41) is 17.2. The molecule has 0 aliphatic heterocycles. The highest BCUT2D eigenvalue weighted by Gasteiger charge is 2.37. The van der Waals surface area contributed by atoms with Crippen molar-refractivity contribution in [1.29, 1.82) is 0 Å². The minimum absolute atomic E-state index is 0.0198. The molecule has 2 rings (SSSR count). The van der Waals surface area contributed by atoms with Gasteiger partial charge in [0, 0.05) is 5.69 Å². The summed E-state index contributed by atoms with van der Waals surface area (Å²) in [6.07, 6.45) is -7.70. The van der Waals surface area contributed by atoms with E-state index in [0.29, 0.717) is 0 Å². The number of benzene rings is 2. The molecule has 3 amide bonds. The zero-order valence-electron chi connectivity index (χ0n) is 22.4. The number of carbonyl (C=O) groups excluding carboxylic acids is 4. The van der Waals surface area contributed by atoms with Crippen molar-refractivity contribution in [3.63, 3.8) is 0 Å². The summed E-state index contributed by atoms with van der Waals surface area (Å²) in [6, 6.07) is 9.52. The van der Waals surface area contributed by atoms with Gasteiger partial charge in [0.25, 0.3) is 0 Å². The van der Waals surface area contributed by atoms with Gasteiger partial charge in [-0.05, 0) is 57.4 Å². The number of nitrogens with one attached hydrogen (secondary N) is 3. The molecule has 10 nitrogen and oxygen atoms in total. The summed E-state index contributed by atoms with van der Waals surface area (Å²) >= 11 is 0. The van der Waals surface area contributed by atoms with Crippen molar-refractivity contribution in [3.05, 3.63) is 65.7 Å². The van der Waals surface area contributed by atoms with Crippen molar-refractivity contribution in [2.75, 3.05) is 12.4 Å². The van der Waals surface area contributed by atoms with Crippen LogP contribution in [0, 0.1) is 0 Å². The molecule has 1 unspecified atom stereocenters. The Morgan fingerprint density at radius 3 is 2.15 bits per heavy atom. The number of rotatable bonds is 10. The standard InChI is InChI=1S/C27H32F3N3O7/c1-26(2,3)40-25(38)33-20(21(34)24(37)39-4)23(36)32-19(14-13-16-9-6-5-7-10-16)22(35)31-18-12-8-11-17(15-18)27(28,29)30/h5-12,15,19-21,34H,13-14H2,1-4H3,(H,31,35)(H,32,36)(H,33,38)/t19-,20?,21-/m0/s1. The van der Waals surface area contributed by atoms with E-state index in [1.165, 1.54) is 6.07 Å². The molecule has 218 valence electrons. The van der Waals surface area contributed by atoms with Crippen LogP contribution in [0.15, 0.2) is 54.6 Å². The average Bonchev–Trinajstić information content (AvgIpc) is 2.87. The van der Waals surface area contributed by atoms with Gasteiger partial charge in [-0.3, -0.25) is 9.59 Å². The number of aryl methyl sites for hydroxylation is 1. The third-order valence-electron chi connectivity index (χ3n) is 5.37. The van der Waals surface area contributed by atoms with Gasteiger partial charge in [-0.15, -0.1) is 0 Å². The van der Waals surface area contributed by atoms with Crippen molar-refractivity contribution < 1.29 is 46.9 Å². The number of anilines is 1. The Kier molecular flexibility index (Phi) is 11.1. The molecule has 0 bridgehead atoms. The summed E-state index contributed by atoms with van der Waals surface area (Å²) in [5.41, 5.74) is -1.34. The molecular weight excluding hydrogens is 535 g/mol. The van der Waals surface area contributed by atoms with Gasteiger partial charge in [-0.1, -0.05) is 36.4 Å². The minimum Gasteiger partial charge on any atom is -0.467 e. The Labute approximate surface area is 229 Å². The molecule has 0 fully saturated rings. The van der Waals surface area contributed by atoms with Crippen LogP contribution >= 0.6 is 0 Å². The normalized spacial score (nSPS) is 13.8. The van der Waals surface area contributed by atoms with E-state index in [1.54, 1.807) is 51.1 Å². The number of ether oxygens (including phenoxy) is 2. The molecule has 0 aliphatic rings. The molecule has 0 saturated carbocycles. The van der Waals surface area contributed by atoms with Gasteiger partial charge in [0.2, 0.25) is 11.8 Å². The minimum atomic E-state index is -4.65. The first-order valence-corrected chi connectivity index (χ1v) is 12.2. The highest BCUT2D eigenvalue weighted by atomic mass is 19.4. The van der Waals surface area contributed by atoms with Crippen LogP contribution in [0.3, 0.4) is 0 Å². The van der Waals surface area contributed by atoms with Gasteiger partial charge in [0.05, 0.1) is 12.7 Å². The Hall–Kier alpha value is -4.13. The lowest BCUT2D eigenvalue weighted by atomic mass is 10.0. The molecule has 0 radical (unpaired) electrons. The highest BCUT2D eigenvalue weighted by Crippen LogP contribution is 2.30. The van der Waals surface area contributed by atoms with E-state index in [4.69, 9.17) is 4.74 Å². The van der Waals surface area contributed by atoms with Crippen LogP contribution in [-0.2, 0) is 36.5 Å². The average molecular weight is 568 g/mol. The van der Waals surface area contributed by atoms with Crippen molar-refractivity contribution in [2.24, 2.45) is 0 Å². The number of aliphatic hydroxyl groups excluding tert-OH is 1. The Bertz CT molecular complexity index is 1180. The molecule has 4 N–H and O–H groups in total. The first-order valence-electron chi connectivity index (χ1n) is 12.2. The number of alkyl carbamates (subject to hydrolysis) is 1. The third kappa shape index (κ3) is 10.2. The smallest absolute Gasteiger partial charge is 0.416 e. The largest absolute Gasteiger partial charge is 0.467 e. The van der Waals surface area contributed by atoms with E-state index in [0.717, 1.165) is 30.9 Å². The van der Waals surface area contributed by atoms with Crippen LogP contribution in [0.25, 0.3) is 0 Å². The number of methoxy groups -OCH3 is 1. The maximum Gasteiger partial charge on any atom is 0.416 e. The highest BCUT2D eigenvalue weighted by molar-refractivity contribution is 5.99. The number of halogens is 3. The molecule has 0 aliphatic carbocycles. The predicted octanol–water partition coefficient (Wildman–Crippen LogP) is 3.19. The maximum atomic E-state index is 13.2. The number of amides is 3.